The van der Waals surface area contributed by atoms with Gasteiger partial charge in [0, 0.05) is 0 Å². The standard InChI is InChI=1S/C7H8N2O.C5H8O2/c8-7(9)5-3-1-2-4-6(5)10;1-4(6)3-5(2)7/h1-4,10H,(H3,8,9);3H2,1-2H3. The topological polar surface area (TPSA) is 104 Å². The second kappa shape index (κ2) is 7.16. The Kier molecular flexibility index (Phi) is 6.25. The Morgan fingerprint density at radius 1 is 1.24 bits per heavy atom. The van der Waals surface area contributed by atoms with Crippen LogP contribution in [-0.2, 0) is 9.59 Å². The van der Waals surface area contributed by atoms with Gasteiger partial charge in [-0.3, -0.25) is 15.0 Å². The number of Topliss-reactive ketones (excluding diaryl/α,β-unsaturated/α-hetero) is 2. The molecule has 0 aliphatic heterocycles. The lowest BCUT2D eigenvalue weighted by molar-refractivity contribution is -0.124. The number of nitrogens with one attached hydrogen (secondary N) is 1. The number of rotatable bonds is 3. The number of aromatic hydroxyl groups is 1. The van der Waals surface area contributed by atoms with E-state index in [9.17, 15) is 9.59 Å². The molecule has 0 atom stereocenters. The molecule has 0 amide bonds. The zero-order valence-corrected chi connectivity index (χ0v) is 9.86. The van der Waals surface area contributed by atoms with Crippen molar-refractivity contribution < 1.29 is 14.7 Å². The Balaban J connectivity index is 0.000000325. The number of para-hydroxylation sites is 1. The Morgan fingerprint density at radius 2 is 1.71 bits per heavy atom. The number of phenolic OH excluding ortho intramolecular Hbond substituents is 1. The maximum atomic E-state index is 10.0. The van der Waals surface area contributed by atoms with Gasteiger partial charge >= 0.3 is 0 Å². The SMILES string of the molecule is CC(=O)CC(C)=O.N=C(N)c1ccccc1O. The monoisotopic (exact) mass is 236 g/mol. The Morgan fingerprint density at radius 3 is 1.94 bits per heavy atom. The molecule has 5 nitrogen and oxygen atoms in total. The van der Waals surface area contributed by atoms with Crippen molar-refractivity contribution in [3.8, 4) is 5.75 Å². The normalized spacial score (nSPS) is 8.82. The number of carbonyl (C=O) groups is 2. The molecule has 0 radical (unpaired) electrons. The highest BCUT2D eigenvalue weighted by Gasteiger charge is 1.99. The molecule has 1 aromatic carbocycles. The second-order valence-corrected chi connectivity index (χ2v) is 3.51. The summed E-state index contributed by atoms with van der Waals surface area (Å²) in [5.41, 5.74) is 5.52. The molecule has 92 valence electrons. The third kappa shape index (κ3) is 6.83. The van der Waals surface area contributed by atoms with Gasteiger partial charge in [-0.1, -0.05) is 12.1 Å². The van der Waals surface area contributed by atoms with Crippen LogP contribution < -0.4 is 5.73 Å². The van der Waals surface area contributed by atoms with E-state index in [-0.39, 0.29) is 29.6 Å². The Hall–Kier alpha value is -2.17. The van der Waals surface area contributed by atoms with E-state index in [4.69, 9.17) is 16.2 Å². The van der Waals surface area contributed by atoms with Gasteiger partial charge in [0.2, 0.25) is 0 Å². The molecule has 1 rings (SSSR count). The number of nitrogens with two attached hydrogens (primary N) is 1. The van der Waals surface area contributed by atoms with Crippen molar-refractivity contribution in [3.63, 3.8) is 0 Å². The van der Waals surface area contributed by atoms with Crippen LogP contribution in [0.1, 0.15) is 25.8 Å². The zero-order chi connectivity index (χ0) is 13.4. The molecule has 17 heavy (non-hydrogen) atoms. The van der Waals surface area contributed by atoms with Crippen molar-refractivity contribution in [1.29, 1.82) is 5.41 Å². The molecule has 0 saturated carbocycles. The first-order chi connectivity index (χ1) is 7.84. The summed E-state index contributed by atoms with van der Waals surface area (Å²) in [5, 5.41) is 16.1. The lowest BCUT2D eigenvalue weighted by Gasteiger charge is -1.98. The fourth-order valence-electron chi connectivity index (χ4n) is 1.05. The molecule has 0 saturated heterocycles. The van der Waals surface area contributed by atoms with Crippen LogP contribution in [0.25, 0.3) is 0 Å². The van der Waals surface area contributed by atoms with E-state index in [2.05, 4.69) is 0 Å². The van der Waals surface area contributed by atoms with Crippen LogP contribution in [-0.4, -0.2) is 22.5 Å². The first-order valence-corrected chi connectivity index (χ1v) is 4.95. The number of benzene rings is 1. The molecule has 5 heteroatoms. The van der Waals surface area contributed by atoms with Gasteiger partial charge in [-0.25, -0.2) is 0 Å². The molecular formula is C12H16N2O3. The third-order valence-electron chi connectivity index (χ3n) is 1.69. The van der Waals surface area contributed by atoms with E-state index < -0.39 is 0 Å². The maximum Gasteiger partial charge on any atom is 0.137 e. The summed E-state index contributed by atoms with van der Waals surface area (Å²) in [6, 6.07) is 6.49. The van der Waals surface area contributed by atoms with Crippen LogP contribution >= 0.6 is 0 Å². The Labute approximate surface area is 99.8 Å². The van der Waals surface area contributed by atoms with Crippen molar-refractivity contribution in [1.82, 2.24) is 0 Å². The number of phenols is 1. The van der Waals surface area contributed by atoms with Gasteiger partial charge in [-0.2, -0.15) is 0 Å². The third-order valence-corrected chi connectivity index (χ3v) is 1.69. The number of ketones is 2. The van der Waals surface area contributed by atoms with Gasteiger partial charge in [0.25, 0.3) is 0 Å². The van der Waals surface area contributed by atoms with Gasteiger partial charge in [-0.05, 0) is 26.0 Å². The predicted molar refractivity (Wildman–Crippen MR) is 65.1 cm³/mol. The summed E-state index contributed by atoms with van der Waals surface area (Å²) in [6.07, 6.45) is 0.0833. The van der Waals surface area contributed by atoms with E-state index >= 15 is 0 Å². The van der Waals surface area contributed by atoms with Crippen LogP contribution in [0.4, 0.5) is 0 Å². The van der Waals surface area contributed by atoms with E-state index in [0.29, 0.717) is 5.56 Å². The number of hydrogen-bond donors (Lipinski definition) is 3. The molecule has 4 N–H and O–H groups in total. The fourth-order valence-corrected chi connectivity index (χ4v) is 1.05. The van der Waals surface area contributed by atoms with Crippen LogP contribution in [0.15, 0.2) is 24.3 Å². The van der Waals surface area contributed by atoms with E-state index in [0.717, 1.165) is 0 Å². The minimum absolute atomic E-state index is 0.0509. The molecule has 1 aromatic rings. The average molecular weight is 236 g/mol. The van der Waals surface area contributed by atoms with E-state index in [1.807, 2.05) is 0 Å². The predicted octanol–water partition coefficient (Wildman–Crippen LogP) is 1.23. The number of carbonyl (C=O) groups excluding carboxylic acids is 2. The fraction of sp³-hybridized carbons (Fsp3) is 0.250. The lowest BCUT2D eigenvalue weighted by atomic mass is 10.2. The van der Waals surface area contributed by atoms with Gasteiger partial charge < -0.3 is 10.8 Å². The number of amidine groups is 1. The summed E-state index contributed by atoms with van der Waals surface area (Å²) in [5.74, 6) is -0.187. The second-order valence-electron chi connectivity index (χ2n) is 3.51. The lowest BCUT2D eigenvalue weighted by Crippen LogP contribution is -2.10. The number of hydrogen-bond acceptors (Lipinski definition) is 4. The molecule has 0 aromatic heterocycles. The summed E-state index contributed by atoms with van der Waals surface area (Å²) in [4.78, 5) is 20.1. The maximum absolute atomic E-state index is 10.0. The molecule has 0 spiro atoms. The van der Waals surface area contributed by atoms with Crippen molar-refractivity contribution in [2.24, 2.45) is 5.73 Å². The minimum atomic E-state index is -0.113. The van der Waals surface area contributed by atoms with Crippen molar-refractivity contribution in [3.05, 3.63) is 29.8 Å². The molecule has 0 bridgehead atoms. The first-order valence-electron chi connectivity index (χ1n) is 4.95. The smallest absolute Gasteiger partial charge is 0.137 e. The van der Waals surface area contributed by atoms with Crippen molar-refractivity contribution in [2.75, 3.05) is 0 Å². The van der Waals surface area contributed by atoms with E-state index in [1.165, 1.54) is 19.9 Å². The van der Waals surface area contributed by atoms with Gasteiger partial charge in [0.05, 0.1) is 12.0 Å². The van der Waals surface area contributed by atoms with Gasteiger partial charge in [-0.15, -0.1) is 0 Å². The summed E-state index contributed by atoms with van der Waals surface area (Å²) < 4.78 is 0. The zero-order valence-electron chi connectivity index (χ0n) is 9.86. The van der Waals surface area contributed by atoms with Crippen LogP contribution in [0.3, 0.4) is 0 Å². The van der Waals surface area contributed by atoms with Crippen molar-refractivity contribution in [2.45, 2.75) is 20.3 Å². The minimum Gasteiger partial charge on any atom is -0.507 e. The average Bonchev–Trinajstić information content (AvgIpc) is 2.16. The molecule has 0 heterocycles. The molecule has 0 aliphatic carbocycles. The summed E-state index contributed by atoms with van der Waals surface area (Å²) >= 11 is 0. The van der Waals surface area contributed by atoms with Crippen LogP contribution in [0.5, 0.6) is 5.75 Å². The van der Waals surface area contributed by atoms with Crippen LogP contribution in [0.2, 0.25) is 0 Å². The van der Waals surface area contributed by atoms with Crippen molar-refractivity contribution >= 4 is 17.4 Å². The molecule has 0 fully saturated rings. The first kappa shape index (κ1) is 14.8. The molecule has 0 unspecified atom stereocenters. The largest absolute Gasteiger partial charge is 0.507 e. The Bertz CT molecular complexity index is 416. The quantitative estimate of drug-likeness (QED) is 0.417. The molecule has 0 aliphatic rings. The highest BCUT2D eigenvalue weighted by molar-refractivity contribution is 5.97. The van der Waals surface area contributed by atoms with Crippen LogP contribution in [0, 0.1) is 5.41 Å². The highest BCUT2D eigenvalue weighted by atomic mass is 16.3. The summed E-state index contributed by atoms with van der Waals surface area (Å²) in [6.45, 7) is 2.81. The molecular weight excluding hydrogens is 220 g/mol. The number of nitrogen functional groups attached to an aromatic ring is 1. The van der Waals surface area contributed by atoms with Gasteiger partial charge in [0.1, 0.15) is 23.2 Å². The summed E-state index contributed by atoms with van der Waals surface area (Å²) in [7, 11) is 0. The van der Waals surface area contributed by atoms with E-state index in [1.54, 1.807) is 18.2 Å². The van der Waals surface area contributed by atoms with Gasteiger partial charge in [0.15, 0.2) is 0 Å². The highest BCUT2D eigenvalue weighted by Crippen LogP contribution is 2.13.